The molecule has 0 bridgehead atoms. The van der Waals surface area contributed by atoms with Crippen LogP contribution in [0.3, 0.4) is 0 Å². The van der Waals surface area contributed by atoms with E-state index in [1.807, 2.05) is 18.2 Å². The molecule has 0 radical (unpaired) electrons. The fourth-order valence-electron chi connectivity index (χ4n) is 1.88. The van der Waals surface area contributed by atoms with Crippen molar-refractivity contribution in [2.75, 3.05) is 18.4 Å². The molecule has 0 aliphatic heterocycles. The van der Waals surface area contributed by atoms with Crippen LogP contribution in [-0.2, 0) is 11.2 Å². The minimum Gasteiger partial charge on any atom is -0.325 e. The molecule has 0 spiro atoms. The van der Waals surface area contributed by atoms with Gasteiger partial charge >= 0.3 is 0 Å². The summed E-state index contributed by atoms with van der Waals surface area (Å²) in [5.74, 6) is 0.837. The van der Waals surface area contributed by atoms with E-state index in [2.05, 4.69) is 33.5 Å². The summed E-state index contributed by atoms with van der Waals surface area (Å²) in [5, 5.41) is 6.16. The Morgan fingerprint density at radius 2 is 2.22 bits per heavy atom. The predicted octanol–water partition coefficient (Wildman–Crippen LogP) is 2.95. The number of nitrogens with one attached hydrogen (secondary N) is 2. The number of hydrogen-bond acceptors (Lipinski definition) is 2. The molecule has 2 N–H and O–H groups in total. The Morgan fingerprint density at radius 3 is 2.89 bits per heavy atom. The van der Waals surface area contributed by atoms with E-state index in [4.69, 9.17) is 0 Å². The zero-order chi connectivity index (χ0) is 13.0. The first-order valence-electron chi connectivity index (χ1n) is 6.48. The van der Waals surface area contributed by atoms with Gasteiger partial charge in [0.05, 0.1) is 6.54 Å². The molecule has 98 valence electrons. The molecule has 1 aliphatic rings. The van der Waals surface area contributed by atoms with Crippen LogP contribution in [-0.4, -0.2) is 19.0 Å². The molecule has 18 heavy (non-hydrogen) atoms. The number of benzene rings is 1. The van der Waals surface area contributed by atoms with E-state index in [1.54, 1.807) is 0 Å². The minimum absolute atomic E-state index is 0.0349. The summed E-state index contributed by atoms with van der Waals surface area (Å²) in [7, 11) is 0. The van der Waals surface area contributed by atoms with Gasteiger partial charge in [-0.3, -0.25) is 4.79 Å². The summed E-state index contributed by atoms with van der Waals surface area (Å²) in [4.78, 5) is 11.8. The fraction of sp³-hybridized carbons (Fsp3) is 0.500. The van der Waals surface area contributed by atoms with Gasteiger partial charge in [-0.2, -0.15) is 0 Å². The fourth-order valence-corrected chi connectivity index (χ4v) is 2.29. The highest BCUT2D eigenvalue weighted by Gasteiger charge is 2.20. The Labute approximate surface area is 116 Å². The third-order valence-electron chi connectivity index (χ3n) is 3.14. The second kappa shape index (κ2) is 6.34. The van der Waals surface area contributed by atoms with Gasteiger partial charge in [-0.05, 0) is 55.5 Å². The number of anilines is 1. The van der Waals surface area contributed by atoms with E-state index in [9.17, 15) is 4.79 Å². The molecule has 0 saturated heterocycles. The molecule has 3 nitrogen and oxygen atoms in total. The molecule has 1 aromatic carbocycles. The Bertz CT molecular complexity index is 430. The van der Waals surface area contributed by atoms with Gasteiger partial charge in [0.25, 0.3) is 0 Å². The lowest BCUT2D eigenvalue weighted by Gasteiger charge is -2.10. The molecule has 4 heteroatoms. The number of halogens is 1. The molecular weight excluding hydrogens is 292 g/mol. The van der Waals surface area contributed by atoms with Crippen LogP contribution in [0, 0.1) is 5.92 Å². The van der Waals surface area contributed by atoms with Crippen molar-refractivity contribution in [1.82, 2.24) is 5.32 Å². The Balaban J connectivity index is 1.84. The number of aryl methyl sites for hydroxylation is 1. The topological polar surface area (TPSA) is 41.1 Å². The van der Waals surface area contributed by atoms with E-state index in [-0.39, 0.29) is 5.91 Å². The third kappa shape index (κ3) is 4.10. The summed E-state index contributed by atoms with van der Waals surface area (Å²) in [5.41, 5.74) is 2.07. The molecule has 1 amide bonds. The van der Waals surface area contributed by atoms with E-state index < -0.39 is 0 Å². The van der Waals surface area contributed by atoms with Crippen molar-refractivity contribution in [3.8, 4) is 0 Å². The maximum atomic E-state index is 11.8. The van der Waals surface area contributed by atoms with Gasteiger partial charge in [-0.25, -0.2) is 0 Å². The lowest BCUT2D eigenvalue weighted by molar-refractivity contribution is -0.115. The zero-order valence-corrected chi connectivity index (χ0v) is 12.2. The summed E-state index contributed by atoms with van der Waals surface area (Å²) in [6, 6.07) is 5.95. The van der Waals surface area contributed by atoms with Gasteiger partial charge < -0.3 is 10.6 Å². The average molecular weight is 311 g/mol. The normalized spacial score (nSPS) is 14.6. The van der Waals surface area contributed by atoms with Crippen LogP contribution in [0.15, 0.2) is 22.7 Å². The van der Waals surface area contributed by atoms with Gasteiger partial charge in [0.2, 0.25) is 5.91 Å². The van der Waals surface area contributed by atoms with Crippen molar-refractivity contribution in [3.05, 3.63) is 28.2 Å². The molecule has 2 rings (SSSR count). The van der Waals surface area contributed by atoms with Gasteiger partial charge in [0, 0.05) is 10.2 Å². The number of hydrogen-bond donors (Lipinski definition) is 2. The number of amides is 1. The Kier molecular flexibility index (Phi) is 4.78. The summed E-state index contributed by atoms with van der Waals surface area (Å²) in [6.45, 7) is 3.45. The lowest BCUT2D eigenvalue weighted by atomic mass is 10.1. The molecule has 1 aliphatic carbocycles. The first-order valence-corrected chi connectivity index (χ1v) is 7.27. The molecule has 1 saturated carbocycles. The van der Waals surface area contributed by atoms with Gasteiger partial charge in [-0.1, -0.05) is 22.9 Å². The molecule has 0 atom stereocenters. The first-order chi connectivity index (χ1) is 8.69. The Morgan fingerprint density at radius 1 is 1.44 bits per heavy atom. The minimum atomic E-state index is 0.0349. The van der Waals surface area contributed by atoms with Crippen LogP contribution >= 0.6 is 15.9 Å². The monoisotopic (exact) mass is 310 g/mol. The first kappa shape index (κ1) is 13.6. The quantitative estimate of drug-likeness (QED) is 0.848. The highest BCUT2D eigenvalue weighted by atomic mass is 79.9. The van der Waals surface area contributed by atoms with E-state index in [0.29, 0.717) is 6.54 Å². The van der Waals surface area contributed by atoms with Crippen LogP contribution in [0.25, 0.3) is 0 Å². The number of rotatable bonds is 6. The van der Waals surface area contributed by atoms with Crippen molar-refractivity contribution in [2.24, 2.45) is 5.92 Å². The molecule has 1 fully saturated rings. The Hall–Kier alpha value is -0.870. The SMILES string of the molecule is CCc1cc(Br)ccc1NC(=O)CNCC1CC1. The van der Waals surface area contributed by atoms with Crippen molar-refractivity contribution < 1.29 is 4.79 Å². The van der Waals surface area contributed by atoms with Crippen LogP contribution in [0.1, 0.15) is 25.3 Å². The van der Waals surface area contributed by atoms with Crippen LogP contribution in [0.5, 0.6) is 0 Å². The molecular formula is C14H19BrN2O. The molecule has 0 heterocycles. The number of carbonyl (C=O) groups excluding carboxylic acids is 1. The van der Waals surface area contributed by atoms with Crippen LogP contribution in [0.2, 0.25) is 0 Å². The largest absolute Gasteiger partial charge is 0.325 e. The van der Waals surface area contributed by atoms with Gasteiger partial charge in [0.15, 0.2) is 0 Å². The molecule has 0 aromatic heterocycles. The zero-order valence-electron chi connectivity index (χ0n) is 10.6. The summed E-state index contributed by atoms with van der Waals surface area (Å²) < 4.78 is 1.05. The van der Waals surface area contributed by atoms with Crippen molar-refractivity contribution >= 4 is 27.5 Å². The van der Waals surface area contributed by atoms with Crippen molar-refractivity contribution in [1.29, 1.82) is 0 Å². The molecule has 1 aromatic rings. The van der Waals surface area contributed by atoms with E-state index in [1.165, 1.54) is 12.8 Å². The van der Waals surface area contributed by atoms with Crippen molar-refractivity contribution in [2.45, 2.75) is 26.2 Å². The summed E-state index contributed by atoms with van der Waals surface area (Å²) in [6.07, 6.45) is 3.52. The van der Waals surface area contributed by atoms with Gasteiger partial charge in [0.1, 0.15) is 0 Å². The average Bonchev–Trinajstić information content (AvgIpc) is 3.15. The third-order valence-corrected chi connectivity index (χ3v) is 3.63. The second-order valence-electron chi connectivity index (χ2n) is 4.78. The standard InChI is InChI=1S/C14H19BrN2O/c1-2-11-7-12(15)5-6-13(11)17-14(18)9-16-8-10-3-4-10/h5-7,10,16H,2-4,8-9H2,1H3,(H,17,18). The number of carbonyl (C=O) groups is 1. The van der Waals surface area contributed by atoms with Crippen LogP contribution in [0.4, 0.5) is 5.69 Å². The second-order valence-corrected chi connectivity index (χ2v) is 5.69. The maximum Gasteiger partial charge on any atom is 0.238 e. The van der Waals surface area contributed by atoms with Crippen molar-refractivity contribution in [3.63, 3.8) is 0 Å². The summed E-state index contributed by atoms with van der Waals surface area (Å²) >= 11 is 3.44. The highest BCUT2D eigenvalue weighted by Crippen LogP contribution is 2.27. The van der Waals surface area contributed by atoms with Gasteiger partial charge in [-0.15, -0.1) is 0 Å². The van der Waals surface area contributed by atoms with E-state index >= 15 is 0 Å². The smallest absolute Gasteiger partial charge is 0.238 e. The molecule has 0 unspecified atom stereocenters. The predicted molar refractivity (Wildman–Crippen MR) is 77.7 cm³/mol. The van der Waals surface area contributed by atoms with E-state index in [0.717, 1.165) is 34.6 Å². The maximum absolute atomic E-state index is 11.8. The highest BCUT2D eigenvalue weighted by molar-refractivity contribution is 9.10. The van der Waals surface area contributed by atoms with Crippen LogP contribution < -0.4 is 10.6 Å². The lowest BCUT2D eigenvalue weighted by Crippen LogP contribution is -2.29.